The van der Waals surface area contributed by atoms with Crippen LogP contribution in [0.3, 0.4) is 0 Å². The van der Waals surface area contributed by atoms with Gasteiger partial charge in [-0.25, -0.2) is 0 Å². The number of carbonyl (C=O) groups excluding carboxylic acids is 1. The average Bonchev–Trinajstić information content (AvgIpc) is 2.93. The topological polar surface area (TPSA) is 45.5 Å². The molecule has 0 unspecified atom stereocenters. The third-order valence-corrected chi connectivity index (χ3v) is 3.91. The van der Waals surface area contributed by atoms with E-state index in [1.807, 2.05) is 19.1 Å². The van der Waals surface area contributed by atoms with E-state index in [0.29, 0.717) is 12.6 Å². The van der Waals surface area contributed by atoms with Crippen molar-refractivity contribution in [2.75, 3.05) is 13.1 Å². The largest absolute Gasteiger partial charge is 0.467 e. The van der Waals surface area contributed by atoms with Gasteiger partial charge in [-0.3, -0.25) is 9.69 Å². The van der Waals surface area contributed by atoms with Crippen molar-refractivity contribution < 1.29 is 9.21 Å². The molecule has 106 valence electrons. The maximum atomic E-state index is 12.1. The molecule has 0 aliphatic carbocycles. The van der Waals surface area contributed by atoms with Gasteiger partial charge in [0.1, 0.15) is 5.76 Å². The molecule has 0 aromatic carbocycles. The Labute approximate surface area is 115 Å². The SMILES string of the molecule is CC[C@H]1CCCCN1CC(=O)N[C@@H](C)c1ccco1. The van der Waals surface area contributed by atoms with Crippen molar-refractivity contribution in [2.45, 2.75) is 51.6 Å². The number of amides is 1. The van der Waals surface area contributed by atoms with E-state index in [2.05, 4.69) is 17.1 Å². The van der Waals surface area contributed by atoms with Crippen molar-refractivity contribution >= 4 is 5.91 Å². The van der Waals surface area contributed by atoms with Crippen molar-refractivity contribution in [3.05, 3.63) is 24.2 Å². The highest BCUT2D eigenvalue weighted by atomic mass is 16.3. The highest BCUT2D eigenvalue weighted by Gasteiger charge is 2.23. The zero-order valence-electron chi connectivity index (χ0n) is 11.9. The second-order valence-corrected chi connectivity index (χ2v) is 5.33. The van der Waals surface area contributed by atoms with Gasteiger partial charge in [-0.2, -0.15) is 0 Å². The van der Waals surface area contributed by atoms with Crippen molar-refractivity contribution in [1.82, 2.24) is 10.2 Å². The number of furan rings is 1. The first-order chi connectivity index (χ1) is 9.20. The third kappa shape index (κ3) is 3.83. The lowest BCUT2D eigenvalue weighted by Gasteiger charge is -2.34. The summed E-state index contributed by atoms with van der Waals surface area (Å²) in [5, 5.41) is 3.00. The van der Waals surface area contributed by atoms with E-state index in [4.69, 9.17) is 4.42 Å². The number of piperidine rings is 1. The molecule has 1 aliphatic heterocycles. The summed E-state index contributed by atoms with van der Waals surface area (Å²) in [5.74, 6) is 0.892. The van der Waals surface area contributed by atoms with Crippen LogP contribution in [0.4, 0.5) is 0 Å². The van der Waals surface area contributed by atoms with Gasteiger partial charge in [-0.1, -0.05) is 13.3 Å². The van der Waals surface area contributed by atoms with Gasteiger partial charge < -0.3 is 9.73 Å². The molecule has 1 aromatic rings. The summed E-state index contributed by atoms with van der Waals surface area (Å²) in [7, 11) is 0. The smallest absolute Gasteiger partial charge is 0.234 e. The molecule has 2 rings (SSSR count). The van der Waals surface area contributed by atoms with Gasteiger partial charge >= 0.3 is 0 Å². The molecule has 4 nitrogen and oxygen atoms in total. The fraction of sp³-hybridized carbons (Fsp3) is 0.667. The Morgan fingerprint density at radius 3 is 3.11 bits per heavy atom. The molecule has 1 amide bonds. The zero-order chi connectivity index (χ0) is 13.7. The second-order valence-electron chi connectivity index (χ2n) is 5.33. The fourth-order valence-electron chi connectivity index (χ4n) is 2.81. The Balaban J connectivity index is 1.83. The average molecular weight is 264 g/mol. The Kier molecular flexibility index (Phi) is 5.02. The summed E-state index contributed by atoms with van der Waals surface area (Å²) in [6.45, 7) is 5.70. The first-order valence-corrected chi connectivity index (χ1v) is 7.27. The molecule has 0 saturated carbocycles. The van der Waals surface area contributed by atoms with Gasteiger partial charge in [0.25, 0.3) is 0 Å². The maximum absolute atomic E-state index is 12.1. The Bertz CT molecular complexity index is 389. The summed E-state index contributed by atoms with van der Waals surface area (Å²) in [4.78, 5) is 14.4. The number of hydrogen-bond acceptors (Lipinski definition) is 3. The van der Waals surface area contributed by atoms with E-state index in [9.17, 15) is 4.79 Å². The number of nitrogens with zero attached hydrogens (tertiary/aromatic N) is 1. The first kappa shape index (κ1) is 14.1. The summed E-state index contributed by atoms with van der Waals surface area (Å²) < 4.78 is 5.30. The molecule has 19 heavy (non-hydrogen) atoms. The third-order valence-electron chi connectivity index (χ3n) is 3.91. The minimum atomic E-state index is -0.0626. The van der Waals surface area contributed by atoms with Crippen LogP contribution < -0.4 is 5.32 Å². The normalized spacial score (nSPS) is 22.1. The molecule has 1 saturated heterocycles. The summed E-state index contributed by atoms with van der Waals surface area (Å²) in [6, 6.07) is 4.24. The lowest BCUT2D eigenvalue weighted by molar-refractivity contribution is -0.124. The van der Waals surface area contributed by atoms with E-state index in [0.717, 1.165) is 18.7 Å². The highest BCUT2D eigenvalue weighted by molar-refractivity contribution is 5.78. The van der Waals surface area contributed by atoms with Crippen LogP contribution in [0.25, 0.3) is 0 Å². The van der Waals surface area contributed by atoms with Crippen LogP contribution in [0.5, 0.6) is 0 Å². The molecule has 1 fully saturated rings. The predicted octanol–water partition coefficient (Wildman–Crippen LogP) is 2.72. The van der Waals surface area contributed by atoms with E-state index >= 15 is 0 Å². The summed E-state index contributed by atoms with van der Waals surface area (Å²) >= 11 is 0. The van der Waals surface area contributed by atoms with Gasteiger partial charge in [-0.05, 0) is 44.9 Å². The van der Waals surface area contributed by atoms with Gasteiger partial charge in [0.15, 0.2) is 0 Å². The lowest BCUT2D eigenvalue weighted by Crippen LogP contribution is -2.45. The second kappa shape index (κ2) is 6.75. The van der Waals surface area contributed by atoms with Crippen LogP contribution in [0, 0.1) is 0 Å². The van der Waals surface area contributed by atoms with Crippen molar-refractivity contribution in [2.24, 2.45) is 0 Å². The molecular formula is C15H24N2O2. The standard InChI is InChI=1S/C15H24N2O2/c1-3-13-7-4-5-9-17(13)11-15(18)16-12(2)14-8-6-10-19-14/h6,8,10,12-13H,3-5,7,9,11H2,1-2H3,(H,16,18)/t12-,13-/m0/s1. The molecule has 1 aliphatic rings. The summed E-state index contributed by atoms with van der Waals surface area (Å²) in [5.41, 5.74) is 0. The molecule has 0 radical (unpaired) electrons. The molecule has 0 spiro atoms. The number of carbonyl (C=O) groups is 1. The van der Waals surface area contributed by atoms with Gasteiger partial charge in [0.2, 0.25) is 5.91 Å². The zero-order valence-corrected chi connectivity index (χ0v) is 11.9. The number of nitrogens with one attached hydrogen (secondary N) is 1. The van der Waals surface area contributed by atoms with Crippen molar-refractivity contribution in [3.8, 4) is 0 Å². The van der Waals surface area contributed by atoms with Crippen LogP contribution in [0.15, 0.2) is 22.8 Å². The lowest BCUT2D eigenvalue weighted by atomic mass is 10.00. The quantitative estimate of drug-likeness (QED) is 0.889. The van der Waals surface area contributed by atoms with Crippen LogP contribution in [0.2, 0.25) is 0 Å². The Morgan fingerprint density at radius 2 is 2.42 bits per heavy atom. The van der Waals surface area contributed by atoms with Crippen LogP contribution >= 0.6 is 0 Å². The Hall–Kier alpha value is -1.29. The molecular weight excluding hydrogens is 240 g/mol. The van der Waals surface area contributed by atoms with Crippen molar-refractivity contribution in [1.29, 1.82) is 0 Å². The molecule has 2 atom stereocenters. The van der Waals surface area contributed by atoms with E-state index in [1.54, 1.807) is 6.26 Å². The first-order valence-electron chi connectivity index (χ1n) is 7.27. The minimum Gasteiger partial charge on any atom is -0.467 e. The van der Waals surface area contributed by atoms with Crippen molar-refractivity contribution in [3.63, 3.8) is 0 Å². The number of likely N-dealkylation sites (tertiary alicyclic amines) is 1. The highest BCUT2D eigenvalue weighted by Crippen LogP contribution is 2.19. The molecule has 0 bridgehead atoms. The van der Waals surface area contributed by atoms with E-state index < -0.39 is 0 Å². The molecule has 1 N–H and O–H groups in total. The molecule has 4 heteroatoms. The van der Waals surface area contributed by atoms with Crippen LogP contribution in [-0.2, 0) is 4.79 Å². The fourth-order valence-corrected chi connectivity index (χ4v) is 2.81. The summed E-state index contributed by atoms with van der Waals surface area (Å²) in [6.07, 6.45) is 6.48. The predicted molar refractivity (Wildman–Crippen MR) is 74.8 cm³/mol. The van der Waals surface area contributed by atoms with Crippen LogP contribution in [0.1, 0.15) is 51.3 Å². The van der Waals surface area contributed by atoms with E-state index in [-0.39, 0.29) is 11.9 Å². The number of hydrogen-bond donors (Lipinski definition) is 1. The number of rotatable bonds is 5. The Morgan fingerprint density at radius 1 is 1.58 bits per heavy atom. The van der Waals surface area contributed by atoms with E-state index in [1.165, 1.54) is 19.3 Å². The molecule has 2 heterocycles. The molecule has 1 aromatic heterocycles. The monoisotopic (exact) mass is 264 g/mol. The van der Waals surface area contributed by atoms with Crippen LogP contribution in [-0.4, -0.2) is 29.9 Å². The van der Waals surface area contributed by atoms with Gasteiger partial charge in [0, 0.05) is 6.04 Å². The maximum Gasteiger partial charge on any atom is 0.234 e. The minimum absolute atomic E-state index is 0.0626. The van der Waals surface area contributed by atoms with Gasteiger partial charge in [-0.15, -0.1) is 0 Å². The van der Waals surface area contributed by atoms with Gasteiger partial charge in [0.05, 0.1) is 18.8 Å².